The summed E-state index contributed by atoms with van der Waals surface area (Å²) in [5.74, 6) is 0. The van der Waals surface area contributed by atoms with Crippen molar-refractivity contribution in [3.63, 3.8) is 0 Å². The van der Waals surface area contributed by atoms with Crippen LogP contribution in [0, 0.1) is 0 Å². The summed E-state index contributed by atoms with van der Waals surface area (Å²) < 4.78 is 4.47. The molecule has 2 rings (SSSR count). The average Bonchev–Trinajstić information content (AvgIpc) is 2.06. The molecule has 11 heavy (non-hydrogen) atoms. The number of rotatable bonds is 0. The van der Waals surface area contributed by atoms with Gasteiger partial charge in [-0.25, -0.2) is 14.8 Å². The van der Waals surface area contributed by atoms with Gasteiger partial charge in [-0.3, -0.25) is 0 Å². The predicted octanol–water partition coefficient (Wildman–Crippen LogP) is -0.0220. The first-order valence-corrected chi connectivity index (χ1v) is 2.92. The molecule has 2 heterocycles. The Morgan fingerprint density at radius 3 is 2.82 bits per heavy atom. The zero-order valence-electron chi connectivity index (χ0n) is 5.39. The molecule has 0 saturated carbocycles. The lowest BCUT2D eigenvalue weighted by atomic mass is 10.5. The predicted molar refractivity (Wildman–Crippen MR) is 35.9 cm³/mol. The summed E-state index contributed by atoms with van der Waals surface area (Å²) in [7, 11) is 0. The third-order valence-corrected chi connectivity index (χ3v) is 1.21. The van der Waals surface area contributed by atoms with E-state index in [2.05, 4.69) is 19.4 Å². The summed E-state index contributed by atoms with van der Waals surface area (Å²) in [6.45, 7) is 0. The second kappa shape index (κ2) is 2.12. The molecule has 2 aromatic heterocycles. The van der Waals surface area contributed by atoms with Gasteiger partial charge >= 0.3 is 5.63 Å². The summed E-state index contributed by atoms with van der Waals surface area (Å²) in [6, 6.07) is 0. The van der Waals surface area contributed by atoms with Gasteiger partial charge in [0.05, 0.1) is 0 Å². The maximum Gasteiger partial charge on any atom is 0.367 e. The molecule has 0 radical (unpaired) electrons. The van der Waals surface area contributed by atoms with Gasteiger partial charge in [0.2, 0.25) is 0 Å². The van der Waals surface area contributed by atoms with E-state index >= 15 is 0 Å². The molecule has 0 spiro atoms. The molecule has 0 aromatic carbocycles. The van der Waals surface area contributed by atoms with Crippen LogP contribution < -0.4 is 5.63 Å². The van der Waals surface area contributed by atoms with Crippen LogP contribution >= 0.6 is 0 Å². The Morgan fingerprint density at radius 2 is 2.00 bits per heavy atom. The molecule has 0 fully saturated rings. The van der Waals surface area contributed by atoms with Crippen molar-refractivity contribution in [3.8, 4) is 0 Å². The van der Waals surface area contributed by atoms with Crippen molar-refractivity contribution in [2.75, 3.05) is 0 Å². The number of nitrogens with zero attached hydrogens (tertiary/aromatic N) is 3. The molecule has 0 unspecified atom stereocenters. The minimum Gasteiger partial charge on any atom is -0.410 e. The quantitative estimate of drug-likeness (QED) is 0.526. The monoisotopic (exact) mass is 149 g/mol. The molecule has 0 saturated heterocycles. The van der Waals surface area contributed by atoms with E-state index < -0.39 is 5.63 Å². The highest BCUT2D eigenvalue weighted by atomic mass is 16.4. The van der Waals surface area contributed by atoms with E-state index in [1.165, 1.54) is 12.4 Å². The number of aromatic nitrogens is 3. The summed E-state index contributed by atoms with van der Waals surface area (Å²) in [5, 5.41) is 0. The summed E-state index contributed by atoms with van der Waals surface area (Å²) in [6.07, 6.45) is 3.94. The summed E-state index contributed by atoms with van der Waals surface area (Å²) >= 11 is 0. The lowest BCUT2D eigenvalue weighted by Crippen LogP contribution is -2.02. The number of fused-ring (bicyclic) bond motifs is 1. The zero-order chi connectivity index (χ0) is 7.68. The minimum atomic E-state index is -0.511. The summed E-state index contributed by atoms with van der Waals surface area (Å²) in [5.41, 5.74) is -0.0400. The molecule has 0 atom stereocenters. The van der Waals surface area contributed by atoms with Gasteiger partial charge in [0.1, 0.15) is 0 Å². The number of hydrogen-bond acceptors (Lipinski definition) is 5. The first kappa shape index (κ1) is 5.96. The normalized spacial score (nSPS) is 10.2. The van der Waals surface area contributed by atoms with E-state index in [4.69, 9.17) is 0 Å². The van der Waals surface area contributed by atoms with Gasteiger partial charge in [-0.2, -0.15) is 4.98 Å². The van der Waals surface area contributed by atoms with Crippen LogP contribution in [0.15, 0.2) is 28.0 Å². The Labute approximate surface area is 60.7 Å². The fraction of sp³-hybridized carbons (Fsp3) is 0. The van der Waals surface area contributed by atoms with Crippen LogP contribution in [0.25, 0.3) is 11.2 Å². The van der Waals surface area contributed by atoms with Crippen LogP contribution in [-0.2, 0) is 0 Å². The third kappa shape index (κ3) is 0.861. The third-order valence-electron chi connectivity index (χ3n) is 1.21. The van der Waals surface area contributed by atoms with Gasteiger partial charge in [-0.15, -0.1) is 0 Å². The Bertz CT molecular complexity index is 432. The van der Waals surface area contributed by atoms with E-state index in [0.717, 1.165) is 6.39 Å². The minimum absolute atomic E-state index is 0.162. The number of hydrogen-bond donors (Lipinski definition) is 0. The van der Waals surface area contributed by atoms with E-state index in [0.29, 0.717) is 5.65 Å². The smallest absolute Gasteiger partial charge is 0.367 e. The van der Waals surface area contributed by atoms with E-state index in [-0.39, 0.29) is 5.52 Å². The standard InChI is InChI=1S/C6H3N3O2/c10-6-4-5(9-3-11-6)8-2-1-7-4/h1-3H. The van der Waals surface area contributed by atoms with Crippen LogP contribution in [0.4, 0.5) is 0 Å². The van der Waals surface area contributed by atoms with Crippen molar-refractivity contribution in [2.45, 2.75) is 0 Å². The van der Waals surface area contributed by atoms with Gasteiger partial charge in [-0.1, -0.05) is 0 Å². The second-order valence-corrected chi connectivity index (χ2v) is 1.87. The van der Waals surface area contributed by atoms with Gasteiger partial charge in [0.25, 0.3) is 0 Å². The first-order chi connectivity index (χ1) is 5.38. The van der Waals surface area contributed by atoms with Crippen LogP contribution in [0.3, 0.4) is 0 Å². The Hall–Kier alpha value is -1.78. The highest BCUT2D eigenvalue weighted by Crippen LogP contribution is 1.94. The van der Waals surface area contributed by atoms with Crippen molar-refractivity contribution in [3.05, 3.63) is 29.2 Å². The van der Waals surface area contributed by atoms with Crippen LogP contribution in [0.1, 0.15) is 0 Å². The molecule has 0 aliphatic rings. The molecule has 2 aromatic rings. The van der Waals surface area contributed by atoms with E-state index in [1.54, 1.807) is 0 Å². The fourth-order valence-corrected chi connectivity index (χ4v) is 0.749. The van der Waals surface area contributed by atoms with Gasteiger partial charge < -0.3 is 4.42 Å². The van der Waals surface area contributed by atoms with Crippen molar-refractivity contribution < 1.29 is 4.42 Å². The van der Waals surface area contributed by atoms with Gasteiger partial charge in [0, 0.05) is 12.4 Å². The Morgan fingerprint density at radius 1 is 1.18 bits per heavy atom. The van der Waals surface area contributed by atoms with Crippen molar-refractivity contribution in [2.24, 2.45) is 0 Å². The molecule has 5 heteroatoms. The van der Waals surface area contributed by atoms with Crippen LogP contribution in [0.2, 0.25) is 0 Å². The van der Waals surface area contributed by atoms with E-state index in [1.807, 2.05) is 0 Å². The molecule has 0 N–H and O–H groups in total. The highest BCUT2D eigenvalue weighted by Gasteiger charge is 1.99. The molecule has 0 aliphatic heterocycles. The summed E-state index contributed by atoms with van der Waals surface area (Å²) in [4.78, 5) is 22.1. The van der Waals surface area contributed by atoms with Crippen LogP contribution in [-0.4, -0.2) is 15.0 Å². The lowest BCUT2D eigenvalue weighted by Gasteiger charge is -1.88. The van der Waals surface area contributed by atoms with Crippen molar-refractivity contribution in [1.29, 1.82) is 0 Å². The average molecular weight is 149 g/mol. The Kier molecular flexibility index (Phi) is 1.15. The maximum atomic E-state index is 10.9. The lowest BCUT2D eigenvalue weighted by molar-refractivity contribution is 0.498. The molecule has 5 nitrogen and oxygen atoms in total. The van der Waals surface area contributed by atoms with Gasteiger partial charge in [-0.05, 0) is 0 Å². The maximum absolute atomic E-state index is 10.9. The van der Waals surface area contributed by atoms with Crippen LogP contribution in [0.5, 0.6) is 0 Å². The van der Waals surface area contributed by atoms with E-state index in [9.17, 15) is 4.79 Å². The SMILES string of the molecule is O=c1ocnc2nccnc12. The topological polar surface area (TPSA) is 68.9 Å². The molecular weight excluding hydrogens is 146 g/mol. The zero-order valence-corrected chi connectivity index (χ0v) is 5.39. The second-order valence-electron chi connectivity index (χ2n) is 1.87. The molecule has 54 valence electrons. The van der Waals surface area contributed by atoms with Crippen molar-refractivity contribution in [1.82, 2.24) is 15.0 Å². The Balaban J connectivity index is 3.03. The largest absolute Gasteiger partial charge is 0.410 e. The fourth-order valence-electron chi connectivity index (χ4n) is 0.749. The molecule has 0 bridgehead atoms. The molecule has 0 amide bonds. The first-order valence-electron chi connectivity index (χ1n) is 2.92. The highest BCUT2D eigenvalue weighted by molar-refractivity contribution is 5.65. The van der Waals surface area contributed by atoms with Gasteiger partial charge in [0.15, 0.2) is 17.6 Å². The molecular formula is C6H3N3O2. The molecule has 0 aliphatic carbocycles. The van der Waals surface area contributed by atoms with Crippen molar-refractivity contribution >= 4 is 11.2 Å².